The molecule has 0 atom stereocenters. The quantitative estimate of drug-likeness (QED) is 0.686. The maximum atomic E-state index is 12.9. The zero-order valence-electron chi connectivity index (χ0n) is 8.71. The van der Waals surface area contributed by atoms with E-state index in [4.69, 9.17) is 0 Å². The van der Waals surface area contributed by atoms with Crippen molar-refractivity contribution in [1.29, 1.82) is 0 Å². The van der Waals surface area contributed by atoms with Crippen LogP contribution >= 0.6 is 11.8 Å². The van der Waals surface area contributed by atoms with E-state index in [1.165, 1.54) is 0 Å². The molecule has 1 aliphatic rings. The van der Waals surface area contributed by atoms with E-state index in [-0.39, 0.29) is 0 Å². The van der Waals surface area contributed by atoms with Crippen molar-refractivity contribution >= 4 is 16.9 Å². The Labute approximate surface area is 107 Å². The predicted octanol–water partition coefficient (Wildman–Crippen LogP) is 3.65. The Bertz CT molecular complexity index is 453. The topological polar surface area (TPSA) is 38.4 Å². The van der Waals surface area contributed by atoms with Gasteiger partial charge in [0.25, 0.3) is 4.75 Å². The molecule has 0 aromatic heterocycles. The van der Waals surface area contributed by atoms with E-state index in [1.807, 2.05) is 0 Å². The van der Waals surface area contributed by atoms with Gasteiger partial charge in [-0.25, -0.2) is 4.99 Å². The summed E-state index contributed by atoms with van der Waals surface area (Å²) in [6, 6.07) is 0. The number of aliphatic imine (C=N–C) groups is 1. The second-order valence-electron chi connectivity index (χ2n) is 3.39. The molecule has 0 saturated carbocycles. The molecule has 0 fully saturated rings. The fourth-order valence-electron chi connectivity index (χ4n) is 1.30. The van der Waals surface area contributed by atoms with E-state index in [0.29, 0.717) is 0 Å². The van der Waals surface area contributed by atoms with Crippen LogP contribution in [0.15, 0.2) is 16.5 Å². The average Bonchev–Trinajstić information content (AvgIpc) is 2.52. The molecule has 0 spiro atoms. The molecular weight excluding hydrogens is 334 g/mol. The number of hydrogen-bond acceptors (Lipinski definition) is 3. The van der Waals surface area contributed by atoms with Gasteiger partial charge in [0.2, 0.25) is 5.83 Å². The van der Waals surface area contributed by atoms with Gasteiger partial charge in [0.1, 0.15) is 5.70 Å². The number of alkyl halides is 9. The van der Waals surface area contributed by atoms with Gasteiger partial charge in [-0.15, -0.1) is 0 Å². The van der Waals surface area contributed by atoms with Crippen molar-refractivity contribution in [1.82, 2.24) is 0 Å². The van der Waals surface area contributed by atoms with Crippen molar-refractivity contribution in [2.75, 3.05) is 0 Å². The van der Waals surface area contributed by atoms with Crippen molar-refractivity contribution < 1.29 is 43.9 Å². The maximum Gasteiger partial charge on any atom is 0.444 e. The average molecular weight is 336 g/mol. The molecule has 1 heterocycles. The van der Waals surface area contributed by atoms with Crippen LogP contribution in [0.3, 0.4) is 0 Å². The smallest absolute Gasteiger partial charge is 0.378 e. The summed E-state index contributed by atoms with van der Waals surface area (Å²) < 4.78 is 120. The molecule has 2 nitrogen and oxygen atoms in total. The third-order valence-electron chi connectivity index (χ3n) is 2.07. The van der Waals surface area contributed by atoms with Crippen molar-refractivity contribution in [2.45, 2.75) is 23.3 Å². The summed E-state index contributed by atoms with van der Waals surface area (Å²) >= 11 is -1.24. The molecule has 20 heavy (non-hydrogen) atoms. The number of rotatable bonds is 0. The fourth-order valence-corrected chi connectivity index (χ4v) is 2.21. The first kappa shape index (κ1) is 16.9. The standard InChI is InChI=1S/C7H2F10N2S/c8-1(5(9,10)11)2-4(6(12,13)14,7(15,16)17)20-3(18)19-2/h(H2,18,19). The van der Waals surface area contributed by atoms with E-state index in [2.05, 4.69) is 10.7 Å². The molecule has 0 aromatic rings. The second kappa shape index (κ2) is 4.43. The van der Waals surface area contributed by atoms with Gasteiger partial charge in [0.15, 0.2) is 5.17 Å². The minimum Gasteiger partial charge on any atom is -0.378 e. The summed E-state index contributed by atoms with van der Waals surface area (Å²) in [5.41, 5.74) is 1.77. The summed E-state index contributed by atoms with van der Waals surface area (Å²) in [7, 11) is 0. The van der Waals surface area contributed by atoms with Gasteiger partial charge < -0.3 is 5.73 Å². The Balaban J connectivity index is 3.71. The molecule has 0 aliphatic carbocycles. The molecule has 1 aliphatic heterocycles. The molecular formula is C7H2F10N2S. The first-order valence-corrected chi connectivity index (χ1v) is 5.10. The van der Waals surface area contributed by atoms with E-state index in [1.54, 1.807) is 0 Å². The van der Waals surface area contributed by atoms with Crippen molar-refractivity contribution in [3.8, 4) is 0 Å². The van der Waals surface area contributed by atoms with Gasteiger partial charge in [-0.3, -0.25) is 0 Å². The molecule has 116 valence electrons. The lowest BCUT2D eigenvalue weighted by molar-refractivity contribution is -0.253. The number of hydrogen-bond donors (Lipinski definition) is 1. The Morgan fingerprint density at radius 1 is 0.950 bits per heavy atom. The highest BCUT2D eigenvalue weighted by atomic mass is 32.2. The second-order valence-corrected chi connectivity index (χ2v) is 4.62. The van der Waals surface area contributed by atoms with Gasteiger partial charge in [-0.05, 0) is 0 Å². The van der Waals surface area contributed by atoms with Crippen LogP contribution in [-0.4, -0.2) is 28.4 Å². The normalized spacial score (nSPS) is 22.8. The molecule has 0 aromatic carbocycles. The Kier molecular flexibility index (Phi) is 3.74. The van der Waals surface area contributed by atoms with Crippen molar-refractivity contribution in [3.05, 3.63) is 11.5 Å². The number of nitrogens with zero attached hydrogens (tertiary/aromatic N) is 1. The van der Waals surface area contributed by atoms with E-state index < -0.39 is 51.7 Å². The van der Waals surface area contributed by atoms with Crippen LogP contribution in [0.5, 0.6) is 0 Å². The van der Waals surface area contributed by atoms with Gasteiger partial charge in [0, 0.05) is 0 Å². The lowest BCUT2D eigenvalue weighted by atomic mass is 10.0. The van der Waals surface area contributed by atoms with Crippen molar-refractivity contribution in [3.63, 3.8) is 0 Å². The van der Waals surface area contributed by atoms with Crippen LogP contribution < -0.4 is 5.73 Å². The number of allylic oxidation sites excluding steroid dienone is 1. The molecule has 0 radical (unpaired) electrons. The predicted molar refractivity (Wildman–Crippen MR) is 48.2 cm³/mol. The van der Waals surface area contributed by atoms with Gasteiger partial charge >= 0.3 is 18.5 Å². The van der Waals surface area contributed by atoms with Crippen LogP contribution in [0.1, 0.15) is 0 Å². The van der Waals surface area contributed by atoms with Crippen LogP contribution in [0.4, 0.5) is 43.9 Å². The summed E-state index contributed by atoms with van der Waals surface area (Å²) in [4.78, 5) is 2.24. The zero-order chi connectivity index (χ0) is 16.1. The number of nitrogens with two attached hydrogens (primary N) is 1. The lowest BCUT2D eigenvalue weighted by Gasteiger charge is -2.32. The van der Waals surface area contributed by atoms with E-state index >= 15 is 0 Å². The SMILES string of the molecule is NC1=NC(=C(F)C(F)(F)F)C(C(F)(F)F)(C(F)(F)F)S1. The fraction of sp³-hybridized carbons (Fsp3) is 0.571. The molecule has 0 bridgehead atoms. The third kappa shape index (κ3) is 2.42. The van der Waals surface area contributed by atoms with Gasteiger partial charge in [-0.2, -0.15) is 43.9 Å². The molecule has 13 heteroatoms. The van der Waals surface area contributed by atoms with Crippen LogP contribution in [0, 0.1) is 0 Å². The van der Waals surface area contributed by atoms with Gasteiger partial charge in [-0.1, -0.05) is 11.8 Å². The largest absolute Gasteiger partial charge is 0.444 e. The number of halogens is 10. The molecule has 0 saturated heterocycles. The molecule has 2 N–H and O–H groups in total. The lowest BCUT2D eigenvalue weighted by Crippen LogP contribution is -2.55. The highest BCUT2D eigenvalue weighted by Gasteiger charge is 2.77. The minimum atomic E-state index is -6.29. The van der Waals surface area contributed by atoms with Crippen LogP contribution in [0.2, 0.25) is 0 Å². The molecule has 0 unspecified atom stereocenters. The zero-order valence-corrected chi connectivity index (χ0v) is 9.53. The monoisotopic (exact) mass is 336 g/mol. The Hall–Kier alpha value is -1.14. The summed E-state index contributed by atoms with van der Waals surface area (Å²) in [5.74, 6) is -3.60. The summed E-state index contributed by atoms with van der Waals surface area (Å²) in [5, 5.41) is -1.48. The maximum absolute atomic E-state index is 12.9. The molecule has 1 rings (SSSR count). The number of thioether (sulfide) groups is 1. The summed E-state index contributed by atoms with van der Waals surface area (Å²) in [6.07, 6.45) is -18.7. The minimum absolute atomic E-state index is 1.24. The summed E-state index contributed by atoms with van der Waals surface area (Å²) in [6.45, 7) is 0. The van der Waals surface area contributed by atoms with Crippen molar-refractivity contribution in [2.24, 2.45) is 10.7 Å². The highest BCUT2D eigenvalue weighted by Crippen LogP contribution is 2.61. The van der Waals surface area contributed by atoms with E-state index in [9.17, 15) is 43.9 Å². The first-order valence-electron chi connectivity index (χ1n) is 4.28. The highest BCUT2D eigenvalue weighted by molar-refractivity contribution is 8.15. The molecule has 0 amide bonds. The Morgan fingerprint density at radius 2 is 1.35 bits per heavy atom. The van der Waals surface area contributed by atoms with E-state index in [0.717, 1.165) is 0 Å². The third-order valence-corrected chi connectivity index (χ3v) is 3.33. The number of amidine groups is 1. The van der Waals surface area contributed by atoms with Crippen LogP contribution in [0.25, 0.3) is 0 Å². The van der Waals surface area contributed by atoms with Gasteiger partial charge in [0.05, 0.1) is 0 Å². The Morgan fingerprint density at radius 3 is 1.65 bits per heavy atom. The first-order chi connectivity index (χ1) is 8.64. The van der Waals surface area contributed by atoms with Crippen LogP contribution in [-0.2, 0) is 0 Å².